The van der Waals surface area contributed by atoms with E-state index in [0.717, 1.165) is 17.7 Å². The Morgan fingerprint density at radius 3 is 2.12 bits per heavy atom. The monoisotopic (exact) mass is 428 g/mol. The lowest BCUT2D eigenvalue weighted by molar-refractivity contribution is -0.126. The van der Waals surface area contributed by atoms with Crippen molar-refractivity contribution in [2.45, 2.75) is 25.5 Å². The van der Waals surface area contributed by atoms with Crippen molar-refractivity contribution < 1.29 is 19.2 Å². The average Bonchev–Trinajstić information content (AvgIpc) is 3.35. The zero-order valence-electron chi connectivity index (χ0n) is 17.8. The molecule has 0 N–H and O–H groups in total. The van der Waals surface area contributed by atoms with Crippen LogP contribution in [-0.2, 0) is 14.4 Å². The summed E-state index contributed by atoms with van der Waals surface area (Å²) in [5.74, 6) is -0.527. The highest BCUT2D eigenvalue weighted by atomic mass is 16.7. The Morgan fingerprint density at radius 2 is 1.47 bits per heavy atom. The molecule has 3 unspecified atom stereocenters. The van der Waals surface area contributed by atoms with E-state index in [0.29, 0.717) is 18.0 Å². The second-order valence-corrected chi connectivity index (χ2v) is 7.92. The van der Waals surface area contributed by atoms with Crippen LogP contribution >= 0.6 is 0 Å². The van der Waals surface area contributed by atoms with E-state index in [9.17, 15) is 9.59 Å². The van der Waals surface area contributed by atoms with E-state index in [1.165, 1.54) is 4.90 Å². The van der Waals surface area contributed by atoms with Crippen LogP contribution in [0, 0.1) is 5.92 Å². The number of hydrogen-bond donors (Lipinski definition) is 0. The van der Waals surface area contributed by atoms with Crippen molar-refractivity contribution in [1.29, 1.82) is 0 Å². The molecule has 2 amide bonds. The predicted molar refractivity (Wildman–Crippen MR) is 121 cm³/mol. The topological polar surface area (TPSA) is 59.1 Å². The molecule has 2 aliphatic heterocycles. The molecule has 0 spiro atoms. The van der Waals surface area contributed by atoms with Crippen molar-refractivity contribution in [3.05, 3.63) is 90.5 Å². The van der Waals surface area contributed by atoms with E-state index < -0.39 is 18.1 Å². The van der Waals surface area contributed by atoms with Gasteiger partial charge in [0.05, 0.1) is 24.0 Å². The van der Waals surface area contributed by atoms with Crippen LogP contribution in [0.3, 0.4) is 0 Å². The fourth-order valence-electron chi connectivity index (χ4n) is 4.37. The summed E-state index contributed by atoms with van der Waals surface area (Å²) in [7, 11) is 0. The highest BCUT2D eigenvalue weighted by molar-refractivity contribution is 6.23. The summed E-state index contributed by atoms with van der Waals surface area (Å²) in [6.45, 7) is 2.66. The molecule has 0 aromatic heterocycles. The minimum atomic E-state index is -0.871. The molecular weight excluding hydrogens is 404 g/mol. The fraction of sp³-hybridized carbons (Fsp3) is 0.231. The largest absolute Gasteiger partial charge is 0.494 e. The van der Waals surface area contributed by atoms with Gasteiger partial charge in [-0.3, -0.25) is 14.4 Å². The molecule has 3 aromatic rings. The maximum atomic E-state index is 13.6. The summed E-state index contributed by atoms with van der Waals surface area (Å²) in [4.78, 5) is 34.3. The molecule has 3 atom stereocenters. The van der Waals surface area contributed by atoms with E-state index >= 15 is 0 Å². The van der Waals surface area contributed by atoms with E-state index in [4.69, 9.17) is 9.57 Å². The number of carbonyl (C=O) groups excluding carboxylic acids is 2. The number of rotatable bonds is 6. The number of amides is 2. The number of para-hydroxylation sites is 1. The number of fused-ring (bicyclic) bond motifs is 1. The molecule has 0 bridgehead atoms. The van der Waals surface area contributed by atoms with E-state index in [-0.39, 0.29) is 11.8 Å². The predicted octanol–water partition coefficient (Wildman–Crippen LogP) is 4.53. The van der Waals surface area contributed by atoms with Crippen LogP contribution in [0.2, 0.25) is 0 Å². The molecule has 0 saturated carbocycles. The van der Waals surface area contributed by atoms with Crippen LogP contribution in [0.5, 0.6) is 5.75 Å². The second-order valence-electron chi connectivity index (χ2n) is 7.92. The molecule has 2 saturated heterocycles. The maximum absolute atomic E-state index is 13.6. The molecule has 2 heterocycles. The van der Waals surface area contributed by atoms with Crippen LogP contribution in [0.15, 0.2) is 84.9 Å². The Bertz CT molecular complexity index is 1100. The molecule has 3 aromatic carbocycles. The van der Waals surface area contributed by atoms with Crippen molar-refractivity contribution in [3.8, 4) is 5.75 Å². The number of imide groups is 1. The van der Waals surface area contributed by atoms with E-state index in [1.807, 2.05) is 67.6 Å². The van der Waals surface area contributed by atoms with Gasteiger partial charge in [-0.25, -0.2) is 9.96 Å². The quantitative estimate of drug-likeness (QED) is 0.540. The van der Waals surface area contributed by atoms with Gasteiger partial charge in [-0.2, -0.15) is 0 Å². The molecule has 2 aliphatic rings. The first-order valence-corrected chi connectivity index (χ1v) is 10.9. The van der Waals surface area contributed by atoms with Gasteiger partial charge in [0.2, 0.25) is 5.91 Å². The van der Waals surface area contributed by atoms with Gasteiger partial charge in [-0.1, -0.05) is 55.5 Å². The Morgan fingerprint density at radius 1 is 0.812 bits per heavy atom. The number of hydroxylamine groups is 1. The van der Waals surface area contributed by atoms with Crippen LogP contribution in [0.25, 0.3) is 0 Å². The molecule has 32 heavy (non-hydrogen) atoms. The van der Waals surface area contributed by atoms with Crippen LogP contribution < -0.4 is 14.7 Å². The fourth-order valence-corrected chi connectivity index (χ4v) is 4.37. The highest BCUT2D eigenvalue weighted by Gasteiger charge is 2.60. The normalized spacial score (nSPS) is 22.3. The first-order chi connectivity index (χ1) is 15.7. The van der Waals surface area contributed by atoms with Crippen molar-refractivity contribution in [1.82, 2.24) is 0 Å². The summed E-state index contributed by atoms with van der Waals surface area (Å²) >= 11 is 0. The summed E-state index contributed by atoms with van der Waals surface area (Å²) in [5, 5.41) is 1.71. The molecule has 0 aliphatic carbocycles. The van der Waals surface area contributed by atoms with Gasteiger partial charge in [0.25, 0.3) is 5.91 Å². The minimum Gasteiger partial charge on any atom is -0.494 e. The first-order valence-electron chi connectivity index (χ1n) is 10.9. The molecule has 6 nitrogen and oxygen atoms in total. The van der Waals surface area contributed by atoms with Gasteiger partial charge in [-0.15, -0.1) is 0 Å². The zero-order valence-corrected chi connectivity index (χ0v) is 17.8. The van der Waals surface area contributed by atoms with E-state index in [1.54, 1.807) is 29.3 Å². The van der Waals surface area contributed by atoms with Gasteiger partial charge in [-0.05, 0) is 48.4 Å². The summed E-state index contributed by atoms with van der Waals surface area (Å²) < 4.78 is 5.62. The van der Waals surface area contributed by atoms with E-state index in [2.05, 4.69) is 0 Å². The van der Waals surface area contributed by atoms with Crippen molar-refractivity contribution >= 4 is 23.2 Å². The highest BCUT2D eigenvalue weighted by Crippen LogP contribution is 2.47. The smallest absolute Gasteiger partial charge is 0.266 e. The lowest BCUT2D eigenvalue weighted by atomic mass is 9.90. The molecule has 0 radical (unpaired) electrons. The van der Waals surface area contributed by atoms with Gasteiger partial charge >= 0.3 is 0 Å². The second kappa shape index (κ2) is 8.48. The van der Waals surface area contributed by atoms with Crippen LogP contribution in [0.1, 0.15) is 24.9 Å². The van der Waals surface area contributed by atoms with Crippen molar-refractivity contribution in [3.63, 3.8) is 0 Å². The lowest BCUT2D eigenvalue weighted by Crippen LogP contribution is -2.37. The number of hydrogen-bond acceptors (Lipinski definition) is 5. The Hall–Kier alpha value is -3.64. The van der Waals surface area contributed by atoms with Crippen LogP contribution in [-0.4, -0.2) is 24.5 Å². The minimum absolute atomic E-state index is 0.255. The van der Waals surface area contributed by atoms with Gasteiger partial charge in [0, 0.05) is 0 Å². The number of ether oxygens (including phenoxy) is 1. The molecule has 5 rings (SSSR count). The Kier molecular flexibility index (Phi) is 5.37. The van der Waals surface area contributed by atoms with Crippen LogP contribution in [0.4, 0.5) is 11.4 Å². The standard InChI is InChI=1S/C26H24N2O4/c1-2-17-31-21-15-13-19(14-16-21)27-25(29)22-23(18-9-5-3-6-10-18)28(32-24(22)26(27)30)20-11-7-4-8-12-20/h3-16,22-24H,2,17H2,1H3. The lowest BCUT2D eigenvalue weighted by Gasteiger charge is -2.28. The third-order valence-corrected chi connectivity index (χ3v) is 5.83. The summed E-state index contributed by atoms with van der Waals surface area (Å²) in [6.07, 6.45) is 0.0357. The average molecular weight is 428 g/mol. The SMILES string of the molecule is CCCOc1ccc(N2C(=O)C3ON(c4ccccc4)C(c4ccccc4)C3C2=O)cc1. The third kappa shape index (κ3) is 3.42. The molecular formula is C26H24N2O4. The number of carbonyl (C=O) groups is 2. The Balaban J connectivity index is 1.49. The summed E-state index contributed by atoms with van der Waals surface area (Å²) in [5.41, 5.74) is 2.26. The third-order valence-electron chi connectivity index (χ3n) is 5.83. The number of benzene rings is 3. The maximum Gasteiger partial charge on any atom is 0.266 e. The molecule has 6 heteroatoms. The number of nitrogens with zero attached hydrogens (tertiary/aromatic N) is 2. The van der Waals surface area contributed by atoms with Crippen molar-refractivity contribution in [2.75, 3.05) is 16.6 Å². The first kappa shape index (κ1) is 20.3. The molecule has 2 fully saturated rings. The van der Waals surface area contributed by atoms with Crippen molar-refractivity contribution in [2.24, 2.45) is 5.92 Å². The summed E-state index contributed by atoms with van der Waals surface area (Å²) in [6, 6.07) is 25.9. The van der Waals surface area contributed by atoms with Gasteiger partial charge in [0.1, 0.15) is 11.7 Å². The number of anilines is 2. The van der Waals surface area contributed by atoms with Gasteiger partial charge < -0.3 is 4.74 Å². The van der Waals surface area contributed by atoms with Gasteiger partial charge in [0.15, 0.2) is 6.10 Å². The zero-order chi connectivity index (χ0) is 22.1. The Labute approximate surface area is 186 Å². The molecule has 162 valence electrons.